The topological polar surface area (TPSA) is 35.6 Å². The minimum atomic E-state index is 0.196. The van der Waals surface area contributed by atoms with E-state index in [1.807, 2.05) is 23.1 Å². The molecule has 1 aliphatic heterocycles. The molecule has 0 aromatic heterocycles. The zero-order valence-electron chi connectivity index (χ0n) is 12.8. The Morgan fingerprint density at radius 1 is 1.29 bits per heavy atom. The van der Waals surface area contributed by atoms with Gasteiger partial charge in [-0.1, -0.05) is 31.5 Å². The number of piperazine rings is 1. The Balaban J connectivity index is 1.79. The Labute approximate surface area is 132 Å². The maximum absolute atomic E-state index is 12.1. The SMILES string of the molecule is CC(C)CNCC(=O)N1CCN(c2cccc(Cl)c2)CC1. The fourth-order valence-corrected chi connectivity index (χ4v) is 2.65. The van der Waals surface area contributed by atoms with Gasteiger partial charge in [-0.3, -0.25) is 4.79 Å². The van der Waals surface area contributed by atoms with E-state index in [0.717, 1.165) is 43.4 Å². The molecular weight excluding hydrogens is 286 g/mol. The first kappa shape index (κ1) is 16.1. The van der Waals surface area contributed by atoms with Gasteiger partial charge in [-0.05, 0) is 30.7 Å². The van der Waals surface area contributed by atoms with Crippen LogP contribution in [0.15, 0.2) is 24.3 Å². The molecule has 1 saturated heterocycles. The van der Waals surface area contributed by atoms with E-state index >= 15 is 0 Å². The summed E-state index contributed by atoms with van der Waals surface area (Å²) in [5.41, 5.74) is 1.13. The Hall–Kier alpha value is -1.26. The highest BCUT2D eigenvalue weighted by molar-refractivity contribution is 6.30. The molecule has 0 bridgehead atoms. The van der Waals surface area contributed by atoms with Crippen molar-refractivity contribution in [3.05, 3.63) is 29.3 Å². The quantitative estimate of drug-likeness (QED) is 0.906. The van der Waals surface area contributed by atoms with Crippen molar-refractivity contribution < 1.29 is 4.79 Å². The minimum Gasteiger partial charge on any atom is -0.368 e. The van der Waals surface area contributed by atoms with E-state index in [1.165, 1.54) is 0 Å². The molecule has 1 aromatic carbocycles. The van der Waals surface area contributed by atoms with Gasteiger partial charge in [0.1, 0.15) is 0 Å². The summed E-state index contributed by atoms with van der Waals surface area (Å²) in [7, 11) is 0. The number of benzene rings is 1. The Bertz CT molecular complexity index is 470. The van der Waals surface area contributed by atoms with E-state index in [2.05, 4.69) is 30.1 Å². The number of hydrogen-bond donors (Lipinski definition) is 1. The molecule has 1 fully saturated rings. The number of carbonyl (C=O) groups excluding carboxylic acids is 1. The lowest BCUT2D eigenvalue weighted by atomic mass is 10.2. The number of halogens is 1. The van der Waals surface area contributed by atoms with Gasteiger partial charge in [0.2, 0.25) is 5.91 Å². The summed E-state index contributed by atoms with van der Waals surface area (Å²) < 4.78 is 0. The van der Waals surface area contributed by atoms with Gasteiger partial charge >= 0.3 is 0 Å². The molecule has 1 heterocycles. The van der Waals surface area contributed by atoms with E-state index < -0.39 is 0 Å². The largest absolute Gasteiger partial charge is 0.368 e. The van der Waals surface area contributed by atoms with Gasteiger partial charge in [-0.15, -0.1) is 0 Å². The summed E-state index contributed by atoms with van der Waals surface area (Å²) in [6.45, 7) is 8.86. The molecule has 21 heavy (non-hydrogen) atoms. The van der Waals surface area contributed by atoms with Crippen LogP contribution in [0, 0.1) is 5.92 Å². The molecule has 0 aliphatic carbocycles. The maximum Gasteiger partial charge on any atom is 0.236 e. The molecule has 0 saturated carbocycles. The van der Waals surface area contributed by atoms with E-state index in [0.29, 0.717) is 12.5 Å². The van der Waals surface area contributed by atoms with Crippen molar-refractivity contribution in [1.82, 2.24) is 10.2 Å². The van der Waals surface area contributed by atoms with Gasteiger partial charge in [-0.2, -0.15) is 0 Å². The highest BCUT2D eigenvalue weighted by Gasteiger charge is 2.20. The number of carbonyl (C=O) groups is 1. The molecule has 1 amide bonds. The van der Waals surface area contributed by atoms with Gasteiger partial charge in [0.25, 0.3) is 0 Å². The summed E-state index contributed by atoms with van der Waals surface area (Å²) in [4.78, 5) is 16.3. The van der Waals surface area contributed by atoms with Gasteiger partial charge in [0.05, 0.1) is 6.54 Å². The number of nitrogens with one attached hydrogen (secondary N) is 1. The van der Waals surface area contributed by atoms with Gasteiger partial charge in [0, 0.05) is 36.9 Å². The van der Waals surface area contributed by atoms with Crippen molar-refractivity contribution in [2.24, 2.45) is 5.92 Å². The average molecular weight is 310 g/mol. The molecule has 0 radical (unpaired) electrons. The first-order valence-corrected chi connectivity index (χ1v) is 7.93. The first-order valence-electron chi connectivity index (χ1n) is 7.55. The molecule has 4 nitrogen and oxygen atoms in total. The van der Waals surface area contributed by atoms with E-state index in [-0.39, 0.29) is 5.91 Å². The Morgan fingerprint density at radius 3 is 2.62 bits per heavy atom. The van der Waals surface area contributed by atoms with Gasteiger partial charge in [-0.25, -0.2) is 0 Å². The standard InChI is InChI=1S/C16H24ClN3O/c1-13(2)11-18-12-16(21)20-8-6-19(7-9-20)15-5-3-4-14(17)10-15/h3-5,10,13,18H,6-9,11-12H2,1-2H3. The molecule has 1 aliphatic rings. The molecule has 5 heteroatoms. The summed E-state index contributed by atoms with van der Waals surface area (Å²) in [6, 6.07) is 7.88. The predicted molar refractivity (Wildman–Crippen MR) is 88.0 cm³/mol. The van der Waals surface area contributed by atoms with Gasteiger partial charge in [0.15, 0.2) is 0 Å². The van der Waals surface area contributed by atoms with E-state index in [4.69, 9.17) is 11.6 Å². The predicted octanol–water partition coefficient (Wildman–Crippen LogP) is 2.23. The highest BCUT2D eigenvalue weighted by Crippen LogP contribution is 2.20. The van der Waals surface area contributed by atoms with Crippen LogP contribution in [0.3, 0.4) is 0 Å². The summed E-state index contributed by atoms with van der Waals surface area (Å²) in [5, 5.41) is 3.96. The van der Waals surface area contributed by atoms with Crippen molar-refractivity contribution >= 4 is 23.2 Å². The molecule has 2 rings (SSSR count). The number of nitrogens with zero attached hydrogens (tertiary/aromatic N) is 2. The third-order valence-electron chi connectivity index (χ3n) is 3.63. The Morgan fingerprint density at radius 2 is 2.00 bits per heavy atom. The molecule has 0 spiro atoms. The van der Waals surface area contributed by atoms with Crippen LogP contribution in [-0.2, 0) is 4.79 Å². The second-order valence-corrected chi connectivity index (χ2v) is 6.31. The molecule has 1 aromatic rings. The third kappa shape index (κ3) is 4.90. The third-order valence-corrected chi connectivity index (χ3v) is 3.87. The fraction of sp³-hybridized carbons (Fsp3) is 0.562. The number of rotatable bonds is 5. The fourth-order valence-electron chi connectivity index (χ4n) is 2.47. The number of anilines is 1. The van der Waals surface area contributed by atoms with Crippen LogP contribution in [0.5, 0.6) is 0 Å². The molecule has 0 unspecified atom stereocenters. The zero-order chi connectivity index (χ0) is 15.2. The molecule has 0 atom stereocenters. The molecular formula is C16H24ClN3O. The van der Waals surface area contributed by atoms with E-state index in [1.54, 1.807) is 0 Å². The highest BCUT2D eigenvalue weighted by atomic mass is 35.5. The van der Waals surface area contributed by atoms with Crippen molar-refractivity contribution in [2.75, 3.05) is 44.2 Å². The van der Waals surface area contributed by atoms with Crippen molar-refractivity contribution in [3.8, 4) is 0 Å². The average Bonchev–Trinajstić information content (AvgIpc) is 2.47. The van der Waals surface area contributed by atoms with Crippen LogP contribution in [0.4, 0.5) is 5.69 Å². The maximum atomic E-state index is 12.1. The molecule has 116 valence electrons. The van der Waals surface area contributed by atoms with Crippen molar-refractivity contribution in [3.63, 3.8) is 0 Å². The smallest absolute Gasteiger partial charge is 0.236 e. The van der Waals surface area contributed by atoms with E-state index in [9.17, 15) is 4.79 Å². The van der Waals surface area contributed by atoms with Crippen molar-refractivity contribution in [1.29, 1.82) is 0 Å². The second-order valence-electron chi connectivity index (χ2n) is 5.87. The summed E-state index contributed by atoms with van der Waals surface area (Å²) in [6.07, 6.45) is 0. The minimum absolute atomic E-state index is 0.196. The lowest BCUT2D eigenvalue weighted by Gasteiger charge is -2.36. The molecule has 1 N–H and O–H groups in total. The summed E-state index contributed by atoms with van der Waals surface area (Å²) in [5.74, 6) is 0.763. The summed E-state index contributed by atoms with van der Waals surface area (Å²) >= 11 is 6.03. The lowest BCUT2D eigenvalue weighted by molar-refractivity contribution is -0.130. The monoisotopic (exact) mass is 309 g/mol. The van der Waals surface area contributed by atoms with Crippen LogP contribution in [0.25, 0.3) is 0 Å². The van der Waals surface area contributed by atoms with Gasteiger partial charge < -0.3 is 15.1 Å². The zero-order valence-corrected chi connectivity index (χ0v) is 13.6. The first-order chi connectivity index (χ1) is 10.1. The van der Waals surface area contributed by atoms with Crippen LogP contribution in [0.1, 0.15) is 13.8 Å². The van der Waals surface area contributed by atoms with Crippen LogP contribution in [0.2, 0.25) is 5.02 Å². The van der Waals surface area contributed by atoms with Crippen LogP contribution >= 0.6 is 11.6 Å². The van der Waals surface area contributed by atoms with Crippen LogP contribution in [-0.4, -0.2) is 50.1 Å². The Kier molecular flexibility index (Phi) is 5.88. The normalized spacial score (nSPS) is 15.6. The second kappa shape index (κ2) is 7.66. The van der Waals surface area contributed by atoms with Crippen molar-refractivity contribution in [2.45, 2.75) is 13.8 Å². The number of hydrogen-bond acceptors (Lipinski definition) is 3. The van der Waals surface area contributed by atoms with Crippen LogP contribution < -0.4 is 10.2 Å². The lowest BCUT2D eigenvalue weighted by Crippen LogP contribution is -2.51. The number of amides is 1.